The van der Waals surface area contributed by atoms with Gasteiger partial charge in [0.2, 0.25) is 0 Å². The van der Waals surface area contributed by atoms with Gasteiger partial charge in [0.25, 0.3) is 0 Å². The van der Waals surface area contributed by atoms with Crippen LogP contribution in [0.4, 0.5) is 0 Å². The molecule has 0 aliphatic carbocycles. The summed E-state index contributed by atoms with van der Waals surface area (Å²) in [6.07, 6.45) is 1.59. The van der Waals surface area contributed by atoms with E-state index in [1.807, 2.05) is 48.5 Å². The summed E-state index contributed by atoms with van der Waals surface area (Å²) in [6.45, 7) is 13.6. The molecular formula is C13H26O3. The molecule has 0 saturated carbocycles. The topological polar surface area (TPSA) is 38.7 Å². The third-order valence-electron chi connectivity index (χ3n) is 1.55. The molecule has 0 rings (SSSR count). The molecule has 0 heterocycles. The summed E-state index contributed by atoms with van der Waals surface area (Å²) in [5.74, 6) is 0.439. The van der Waals surface area contributed by atoms with Crippen LogP contribution >= 0.6 is 0 Å². The molecule has 96 valence electrons. The van der Waals surface area contributed by atoms with Gasteiger partial charge in [0.05, 0.1) is 0 Å². The normalized spacial score (nSPS) is 14.4. The lowest BCUT2D eigenvalue weighted by atomic mass is 10.1. The van der Waals surface area contributed by atoms with Gasteiger partial charge in [0.15, 0.2) is 5.76 Å². The molecule has 16 heavy (non-hydrogen) atoms. The van der Waals surface area contributed by atoms with Gasteiger partial charge in [-0.15, -0.1) is 0 Å². The van der Waals surface area contributed by atoms with E-state index in [-0.39, 0.29) is 11.5 Å². The van der Waals surface area contributed by atoms with Crippen LogP contribution in [-0.2, 0) is 9.47 Å². The van der Waals surface area contributed by atoms with Gasteiger partial charge in [-0.2, -0.15) is 0 Å². The molecular weight excluding hydrogens is 204 g/mol. The van der Waals surface area contributed by atoms with E-state index in [0.717, 1.165) is 6.42 Å². The average molecular weight is 230 g/mol. The average Bonchev–Trinajstić information content (AvgIpc) is 1.97. The maximum Gasteiger partial charge on any atom is 0.316 e. The standard InChI is InChI=1S/C13H26O3/c1-8-9-10(15-12(2,3)4)11(14)16-13(5,6)7/h14H,8-9H2,1-7H3/b11-10-. The first-order valence-corrected chi connectivity index (χ1v) is 5.85. The Morgan fingerprint density at radius 1 is 0.938 bits per heavy atom. The Bertz CT molecular complexity index is 241. The van der Waals surface area contributed by atoms with Crippen LogP contribution in [0.5, 0.6) is 0 Å². The fourth-order valence-corrected chi connectivity index (χ4v) is 1.15. The SMILES string of the molecule is CCC/C(OC(C)(C)C)=C(\O)OC(C)(C)C. The number of rotatable bonds is 4. The van der Waals surface area contributed by atoms with E-state index < -0.39 is 5.60 Å². The van der Waals surface area contributed by atoms with Crippen LogP contribution in [0.3, 0.4) is 0 Å². The zero-order valence-electron chi connectivity index (χ0n) is 11.7. The predicted octanol–water partition coefficient (Wildman–Crippen LogP) is 4.14. The van der Waals surface area contributed by atoms with Gasteiger partial charge in [0, 0.05) is 6.42 Å². The summed E-state index contributed by atoms with van der Waals surface area (Å²) in [4.78, 5) is 0. The molecule has 1 N–H and O–H groups in total. The Balaban J connectivity index is 4.79. The largest absolute Gasteiger partial charge is 0.485 e. The zero-order valence-corrected chi connectivity index (χ0v) is 11.7. The minimum absolute atomic E-state index is 0.0933. The Morgan fingerprint density at radius 3 is 1.69 bits per heavy atom. The molecule has 3 heteroatoms. The molecule has 0 aromatic heterocycles. The lowest BCUT2D eigenvalue weighted by molar-refractivity contribution is -0.0467. The van der Waals surface area contributed by atoms with E-state index in [9.17, 15) is 5.11 Å². The number of allylic oxidation sites excluding steroid dienone is 1. The number of hydrogen-bond donors (Lipinski definition) is 1. The molecule has 0 amide bonds. The quantitative estimate of drug-likeness (QED) is 0.737. The first-order chi connectivity index (χ1) is 7.05. The van der Waals surface area contributed by atoms with Crippen molar-refractivity contribution in [3.8, 4) is 0 Å². The van der Waals surface area contributed by atoms with Gasteiger partial charge in [-0.25, -0.2) is 0 Å². The first-order valence-electron chi connectivity index (χ1n) is 5.85. The van der Waals surface area contributed by atoms with Crippen molar-refractivity contribution in [2.75, 3.05) is 0 Å². The minimum atomic E-state index is -0.412. The second-order valence-corrected chi connectivity index (χ2v) is 5.91. The van der Waals surface area contributed by atoms with Crippen molar-refractivity contribution in [3.63, 3.8) is 0 Å². The Morgan fingerprint density at radius 2 is 1.38 bits per heavy atom. The van der Waals surface area contributed by atoms with Crippen molar-refractivity contribution >= 4 is 0 Å². The van der Waals surface area contributed by atoms with Crippen molar-refractivity contribution in [2.24, 2.45) is 0 Å². The van der Waals surface area contributed by atoms with E-state index in [1.165, 1.54) is 0 Å². The van der Waals surface area contributed by atoms with Crippen LogP contribution < -0.4 is 0 Å². The van der Waals surface area contributed by atoms with E-state index in [0.29, 0.717) is 12.2 Å². The second kappa shape index (κ2) is 5.46. The number of hydrogen-bond acceptors (Lipinski definition) is 3. The minimum Gasteiger partial charge on any atom is -0.485 e. The molecule has 0 saturated heterocycles. The highest BCUT2D eigenvalue weighted by Gasteiger charge is 2.21. The van der Waals surface area contributed by atoms with Gasteiger partial charge >= 0.3 is 5.95 Å². The van der Waals surface area contributed by atoms with Crippen LogP contribution in [0.15, 0.2) is 11.7 Å². The van der Waals surface area contributed by atoms with Gasteiger partial charge in [-0.05, 0) is 48.0 Å². The van der Waals surface area contributed by atoms with Crippen molar-refractivity contribution < 1.29 is 14.6 Å². The van der Waals surface area contributed by atoms with E-state index in [1.54, 1.807) is 0 Å². The monoisotopic (exact) mass is 230 g/mol. The van der Waals surface area contributed by atoms with Crippen molar-refractivity contribution in [1.82, 2.24) is 0 Å². The highest BCUT2D eigenvalue weighted by Crippen LogP contribution is 2.23. The van der Waals surface area contributed by atoms with E-state index in [2.05, 4.69) is 0 Å². The van der Waals surface area contributed by atoms with Crippen LogP contribution in [-0.4, -0.2) is 16.3 Å². The second-order valence-electron chi connectivity index (χ2n) is 5.91. The number of aliphatic hydroxyl groups excluding tert-OH is 1. The number of ether oxygens (including phenoxy) is 2. The number of aliphatic hydroxyl groups is 1. The first kappa shape index (κ1) is 15.1. The fraction of sp³-hybridized carbons (Fsp3) is 0.846. The third-order valence-corrected chi connectivity index (χ3v) is 1.55. The molecule has 0 radical (unpaired) electrons. The lowest BCUT2D eigenvalue weighted by Gasteiger charge is -2.26. The highest BCUT2D eigenvalue weighted by atomic mass is 16.6. The highest BCUT2D eigenvalue weighted by molar-refractivity contribution is 4.96. The maximum absolute atomic E-state index is 9.87. The molecule has 0 bridgehead atoms. The molecule has 0 spiro atoms. The van der Waals surface area contributed by atoms with E-state index >= 15 is 0 Å². The Labute approximate surface area is 99.5 Å². The fourth-order valence-electron chi connectivity index (χ4n) is 1.15. The molecule has 0 aliphatic rings. The maximum atomic E-state index is 9.87. The Kier molecular flexibility index (Phi) is 5.17. The summed E-state index contributed by atoms with van der Waals surface area (Å²) >= 11 is 0. The summed E-state index contributed by atoms with van der Waals surface area (Å²) in [5.41, 5.74) is -0.732. The van der Waals surface area contributed by atoms with Crippen LogP contribution in [0.1, 0.15) is 61.3 Å². The van der Waals surface area contributed by atoms with Crippen molar-refractivity contribution in [2.45, 2.75) is 72.5 Å². The summed E-state index contributed by atoms with van der Waals surface area (Å²) in [7, 11) is 0. The molecule has 0 aromatic rings. The lowest BCUT2D eigenvalue weighted by Crippen LogP contribution is -2.23. The molecule has 0 aliphatic heterocycles. The zero-order chi connectivity index (χ0) is 13.0. The van der Waals surface area contributed by atoms with Gasteiger partial charge in [-0.1, -0.05) is 6.92 Å². The van der Waals surface area contributed by atoms with Crippen LogP contribution in [0.2, 0.25) is 0 Å². The molecule has 0 unspecified atom stereocenters. The smallest absolute Gasteiger partial charge is 0.316 e. The molecule has 3 nitrogen and oxygen atoms in total. The van der Waals surface area contributed by atoms with Crippen molar-refractivity contribution in [1.29, 1.82) is 0 Å². The molecule has 0 atom stereocenters. The van der Waals surface area contributed by atoms with Crippen LogP contribution in [0.25, 0.3) is 0 Å². The van der Waals surface area contributed by atoms with Gasteiger partial charge in [0.1, 0.15) is 11.2 Å². The third kappa shape index (κ3) is 7.43. The van der Waals surface area contributed by atoms with Gasteiger partial charge < -0.3 is 14.6 Å². The predicted molar refractivity (Wildman–Crippen MR) is 66.2 cm³/mol. The molecule has 0 aromatic carbocycles. The van der Waals surface area contributed by atoms with Gasteiger partial charge in [-0.3, -0.25) is 0 Å². The summed E-state index contributed by atoms with van der Waals surface area (Å²) in [6, 6.07) is 0. The van der Waals surface area contributed by atoms with E-state index in [4.69, 9.17) is 9.47 Å². The van der Waals surface area contributed by atoms with Crippen LogP contribution in [0, 0.1) is 0 Å². The molecule has 0 fully saturated rings. The Hall–Kier alpha value is -0.860. The summed E-state index contributed by atoms with van der Waals surface area (Å²) < 4.78 is 11.1. The summed E-state index contributed by atoms with van der Waals surface area (Å²) in [5, 5.41) is 9.87. The van der Waals surface area contributed by atoms with Crippen molar-refractivity contribution in [3.05, 3.63) is 11.7 Å².